The van der Waals surface area contributed by atoms with Crippen molar-refractivity contribution >= 4 is 22.3 Å². The number of hydrogen-bond donors (Lipinski definition) is 2. The lowest BCUT2D eigenvalue weighted by molar-refractivity contribution is 0.645. The lowest BCUT2D eigenvalue weighted by Gasteiger charge is -2.21. The fourth-order valence-electron chi connectivity index (χ4n) is 2.90. The fraction of sp³-hybridized carbons (Fsp3) is 0.176. The van der Waals surface area contributed by atoms with E-state index in [2.05, 4.69) is 45.1 Å². The van der Waals surface area contributed by atoms with Crippen molar-refractivity contribution in [1.29, 1.82) is 0 Å². The monoisotopic (exact) mass is 276 g/mol. The molecule has 21 heavy (non-hydrogen) atoms. The molecular weight excluding hydrogens is 260 g/mol. The fourth-order valence-corrected chi connectivity index (χ4v) is 2.90. The smallest absolute Gasteiger partial charge is 0.0950 e. The predicted molar refractivity (Wildman–Crippen MR) is 84.7 cm³/mol. The van der Waals surface area contributed by atoms with Crippen LogP contribution < -0.4 is 10.6 Å². The van der Waals surface area contributed by atoms with Crippen LogP contribution in [-0.4, -0.2) is 16.7 Å². The molecule has 0 saturated heterocycles. The summed E-state index contributed by atoms with van der Waals surface area (Å²) in [6.45, 7) is 1.97. The lowest BCUT2D eigenvalue weighted by Crippen LogP contribution is -2.24. The molecule has 0 amide bonds. The Balaban J connectivity index is 1.79. The Bertz CT molecular complexity index is 792. The summed E-state index contributed by atoms with van der Waals surface area (Å²) in [5.41, 5.74) is 5.86. The Morgan fingerprint density at radius 3 is 2.95 bits per heavy atom. The van der Waals surface area contributed by atoms with Crippen LogP contribution in [0, 0.1) is 0 Å². The SMILES string of the molecule is c1cc2c(c(Nc3cnnc4ccccc34)c1)CCNC2. The van der Waals surface area contributed by atoms with Crippen LogP contribution in [0.15, 0.2) is 48.7 Å². The van der Waals surface area contributed by atoms with Crippen LogP contribution in [0.25, 0.3) is 10.9 Å². The first-order chi connectivity index (χ1) is 10.4. The molecule has 4 rings (SSSR count). The van der Waals surface area contributed by atoms with E-state index in [9.17, 15) is 0 Å². The van der Waals surface area contributed by atoms with Crippen LogP contribution in [0.2, 0.25) is 0 Å². The molecule has 104 valence electrons. The van der Waals surface area contributed by atoms with E-state index in [0.717, 1.165) is 36.1 Å². The molecule has 1 aliphatic rings. The zero-order valence-corrected chi connectivity index (χ0v) is 11.6. The maximum atomic E-state index is 4.17. The average molecular weight is 276 g/mol. The van der Waals surface area contributed by atoms with Gasteiger partial charge in [-0.25, -0.2) is 0 Å². The van der Waals surface area contributed by atoms with Crippen molar-refractivity contribution in [3.05, 3.63) is 59.8 Å². The molecule has 1 aromatic heterocycles. The molecule has 0 bridgehead atoms. The zero-order valence-electron chi connectivity index (χ0n) is 11.6. The second-order valence-electron chi connectivity index (χ2n) is 5.27. The van der Waals surface area contributed by atoms with Gasteiger partial charge in [0.15, 0.2) is 0 Å². The van der Waals surface area contributed by atoms with Gasteiger partial charge in [-0.3, -0.25) is 0 Å². The van der Waals surface area contributed by atoms with Crippen LogP contribution in [0.5, 0.6) is 0 Å². The Labute approximate surface area is 123 Å². The van der Waals surface area contributed by atoms with E-state index >= 15 is 0 Å². The van der Waals surface area contributed by atoms with Crippen LogP contribution in [0.1, 0.15) is 11.1 Å². The minimum absolute atomic E-state index is 0.911. The molecule has 4 heteroatoms. The maximum Gasteiger partial charge on any atom is 0.0950 e. The zero-order chi connectivity index (χ0) is 14.1. The number of nitrogens with zero attached hydrogens (tertiary/aromatic N) is 2. The molecule has 1 aliphatic heterocycles. The first-order valence-corrected chi connectivity index (χ1v) is 7.21. The van der Waals surface area contributed by atoms with Gasteiger partial charge < -0.3 is 10.6 Å². The van der Waals surface area contributed by atoms with Crippen molar-refractivity contribution in [3.63, 3.8) is 0 Å². The summed E-state index contributed by atoms with van der Waals surface area (Å²) in [6.07, 6.45) is 2.84. The molecule has 0 spiro atoms. The van der Waals surface area contributed by atoms with Gasteiger partial charge in [-0.15, -0.1) is 0 Å². The first kappa shape index (κ1) is 12.3. The molecule has 0 radical (unpaired) electrons. The highest BCUT2D eigenvalue weighted by molar-refractivity contribution is 5.92. The van der Waals surface area contributed by atoms with Gasteiger partial charge in [-0.05, 0) is 36.2 Å². The van der Waals surface area contributed by atoms with Crippen LogP contribution in [-0.2, 0) is 13.0 Å². The van der Waals surface area contributed by atoms with E-state index in [1.54, 1.807) is 6.20 Å². The second kappa shape index (κ2) is 5.14. The Hall–Kier alpha value is -2.46. The third-order valence-corrected chi connectivity index (χ3v) is 3.96. The quantitative estimate of drug-likeness (QED) is 0.755. The first-order valence-electron chi connectivity index (χ1n) is 7.21. The van der Waals surface area contributed by atoms with Gasteiger partial charge in [-0.2, -0.15) is 10.2 Å². The van der Waals surface area contributed by atoms with Crippen molar-refractivity contribution in [3.8, 4) is 0 Å². The highest BCUT2D eigenvalue weighted by Crippen LogP contribution is 2.29. The summed E-state index contributed by atoms with van der Waals surface area (Å²) in [5, 5.41) is 16.3. The van der Waals surface area contributed by atoms with Gasteiger partial charge in [0, 0.05) is 17.6 Å². The molecule has 0 unspecified atom stereocenters. The topological polar surface area (TPSA) is 49.8 Å². The standard InChI is InChI=1S/C17H16N4/c1-2-6-16-14(5-1)17(11-19-21-16)20-15-7-3-4-12-10-18-9-8-13(12)15/h1-7,11,18H,8-10H2,(H,20,21). The number of aromatic nitrogens is 2. The summed E-state index contributed by atoms with van der Waals surface area (Å²) < 4.78 is 0. The van der Waals surface area contributed by atoms with Crippen molar-refractivity contribution in [2.75, 3.05) is 11.9 Å². The number of rotatable bonds is 2. The number of hydrogen-bond acceptors (Lipinski definition) is 4. The third-order valence-electron chi connectivity index (χ3n) is 3.96. The van der Waals surface area contributed by atoms with Gasteiger partial charge in [0.1, 0.15) is 0 Å². The number of nitrogens with one attached hydrogen (secondary N) is 2. The predicted octanol–water partition coefficient (Wildman–Crippen LogP) is 3.02. The lowest BCUT2D eigenvalue weighted by atomic mass is 9.99. The Morgan fingerprint density at radius 1 is 1.00 bits per heavy atom. The molecule has 0 aliphatic carbocycles. The van der Waals surface area contributed by atoms with Gasteiger partial charge in [0.2, 0.25) is 0 Å². The molecule has 2 N–H and O–H groups in total. The summed E-state index contributed by atoms with van der Waals surface area (Å²) in [7, 11) is 0. The molecule has 3 aromatic rings. The van der Waals surface area contributed by atoms with Crippen LogP contribution in [0.4, 0.5) is 11.4 Å². The van der Waals surface area contributed by atoms with E-state index < -0.39 is 0 Å². The summed E-state index contributed by atoms with van der Waals surface area (Å²) in [6, 6.07) is 14.5. The van der Waals surface area contributed by atoms with E-state index in [4.69, 9.17) is 0 Å². The molecular formula is C17H16N4. The highest BCUT2D eigenvalue weighted by Gasteiger charge is 2.13. The Morgan fingerprint density at radius 2 is 1.95 bits per heavy atom. The van der Waals surface area contributed by atoms with Gasteiger partial charge in [0.05, 0.1) is 17.4 Å². The molecule has 0 atom stereocenters. The molecule has 0 saturated carbocycles. The molecule has 0 fully saturated rings. The van der Waals surface area contributed by atoms with Gasteiger partial charge in [0.25, 0.3) is 0 Å². The summed E-state index contributed by atoms with van der Waals surface area (Å²) in [5.74, 6) is 0. The van der Waals surface area contributed by atoms with E-state index in [0.29, 0.717) is 0 Å². The highest BCUT2D eigenvalue weighted by atomic mass is 15.1. The molecule has 4 nitrogen and oxygen atoms in total. The molecule has 2 aromatic carbocycles. The van der Waals surface area contributed by atoms with E-state index in [1.807, 2.05) is 18.2 Å². The minimum atomic E-state index is 0.911. The van der Waals surface area contributed by atoms with Crippen molar-refractivity contribution in [1.82, 2.24) is 15.5 Å². The van der Waals surface area contributed by atoms with Crippen molar-refractivity contribution in [2.24, 2.45) is 0 Å². The third kappa shape index (κ3) is 2.23. The number of anilines is 2. The second-order valence-corrected chi connectivity index (χ2v) is 5.27. The van der Waals surface area contributed by atoms with Crippen molar-refractivity contribution in [2.45, 2.75) is 13.0 Å². The number of benzene rings is 2. The normalized spacial score (nSPS) is 13.9. The van der Waals surface area contributed by atoms with E-state index in [-0.39, 0.29) is 0 Å². The van der Waals surface area contributed by atoms with Gasteiger partial charge in [-0.1, -0.05) is 30.3 Å². The Kier molecular flexibility index (Phi) is 3.01. The maximum absolute atomic E-state index is 4.17. The summed E-state index contributed by atoms with van der Waals surface area (Å²) >= 11 is 0. The van der Waals surface area contributed by atoms with Crippen molar-refractivity contribution < 1.29 is 0 Å². The summed E-state index contributed by atoms with van der Waals surface area (Å²) in [4.78, 5) is 0. The number of fused-ring (bicyclic) bond motifs is 2. The van der Waals surface area contributed by atoms with E-state index in [1.165, 1.54) is 16.8 Å². The van der Waals surface area contributed by atoms with Crippen LogP contribution >= 0.6 is 0 Å². The largest absolute Gasteiger partial charge is 0.353 e. The van der Waals surface area contributed by atoms with Gasteiger partial charge >= 0.3 is 0 Å². The van der Waals surface area contributed by atoms with Crippen LogP contribution in [0.3, 0.4) is 0 Å². The average Bonchev–Trinajstić information content (AvgIpc) is 2.56. The molecule has 2 heterocycles. The minimum Gasteiger partial charge on any atom is -0.353 e.